The molecule has 0 N–H and O–H groups in total. The lowest BCUT2D eigenvalue weighted by Gasteiger charge is -2.28. The summed E-state index contributed by atoms with van der Waals surface area (Å²) in [6, 6.07) is 7.33. The lowest BCUT2D eigenvalue weighted by atomic mass is 9.89. The minimum atomic E-state index is 0.575. The third-order valence-electron chi connectivity index (χ3n) is 3.45. The first-order valence-corrected chi connectivity index (χ1v) is 5.67. The summed E-state index contributed by atoms with van der Waals surface area (Å²) in [5.41, 5.74) is 4.24. The molecule has 0 fully saturated rings. The topological polar surface area (TPSA) is 3.24 Å². The highest BCUT2D eigenvalue weighted by molar-refractivity contribution is 5.33. The number of hydrogen-bond donors (Lipinski definition) is 0. The van der Waals surface area contributed by atoms with Crippen LogP contribution in [0.15, 0.2) is 18.2 Å². The van der Waals surface area contributed by atoms with Crippen LogP contribution < -0.4 is 0 Å². The molecular formula is C14H23N. The Morgan fingerprint density at radius 2 is 1.67 bits per heavy atom. The first-order chi connectivity index (χ1) is 6.93. The van der Waals surface area contributed by atoms with Crippen molar-refractivity contribution in [3.05, 3.63) is 34.9 Å². The molecule has 0 saturated carbocycles. The molecule has 15 heavy (non-hydrogen) atoms. The van der Waals surface area contributed by atoms with Crippen LogP contribution in [0.2, 0.25) is 0 Å². The fraction of sp³-hybridized carbons (Fsp3) is 0.571. The van der Waals surface area contributed by atoms with E-state index < -0.39 is 0 Å². The van der Waals surface area contributed by atoms with E-state index >= 15 is 0 Å². The predicted octanol–water partition coefficient (Wildman–Crippen LogP) is 3.36. The molecule has 0 aliphatic rings. The second-order valence-corrected chi connectivity index (χ2v) is 4.85. The fourth-order valence-corrected chi connectivity index (χ4v) is 2.04. The van der Waals surface area contributed by atoms with E-state index in [1.165, 1.54) is 16.7 Å². The Morgan fingerprint density at radius 3 is 2.13 bits per heavy atom. The van der Waals surface area contributed by atoms with Gasteiger partial charge in [0.2, 0.25) is 0 Å². The maximum Gasteiger partial charge on any atom is 0.0127 e. The van der Waals surface area contributed by atoms with Crippen LogP contribution in [0.1, 0.15) is 36.5 Å². The Bertz CT molecular complexity index is 328. The first kappa shape index (κ1) is 12.3. The monoisotopic (exact) mass is 205 g/mol. The summed E-state index contributed by atoms with van der Waals surface area (Å²) in [5.74, 6) is 0.584. The Balaban J connectivity index is 2.96. The zero-order valence-electron chi connectivity index (χ0n) is 10.8. The molecule has 0 heterocycles. The minimum Gasteiger partial charge on any atom is -0.306 e. The standard InChI is InChI=1S/C14H23N/c1-10-7-8-14(11(2)9-10)12(3)13(4)15(5)6/h7-9,12-13H,1-6H3. The molecule has 0 saturated heterocycles. The summed E-state index contributed by atoms with van der Waals surface area (Å²) in [6.07, 6.45) is 0. The molecule has 84 valence electrons. The number of rotatable bonds is 3. The van der Waals surface area contributed by atoms with Crippen LogP contribution in [0.4, 0.5) is 0 Å². The quantitative estimate of drug-likeness (QED) is 0.731. The molecule has 1 rings (SSSR count). The summed E-state index contributed by atoms with van der Waals surface area (Å²) in [6.45, 7) is 8.95. The molecule has 0 aliphatic carbocycles. The number of nitrogens with zero attached hydrogens (tertiary/aromatic N) is 1. The second kappa shape index (κ2) is 4.80. The molecule has 0 bridgehead atoms. The van der Waals surface area contributed by atoms with Gasteiger partial charge in [0, 0.05) is 6.04 Å². The van der Waals surface area contributed by atoms with Crippen LogP contribution in [0, 0.1) is 13.8 Å². The first-order valence-electron chi connectivity index (χ1n) is 5.67. The molecule has 1 heteroatoms. The molecule has 2 unspecified atom stereocenters. The maximum absolute atomic E-state index is 2.31. The van der Waals surface area contributed by atoms with Crippen molar-refractivity contribution in [2.45, 2.75) is 39.7 Å². The Kier molecular flexibility index (Phi) is 3.92. The maximum atomic E-state index is 2.31. The van der Waals surface area contributed by atoms with Crippen LogP contribution in [0.25, 0.3) is 0 Å². The van der Waals surface area contributed by atoms with Crippen molar-refractivity contribution in [2.24, 2.45) is 0 Å². The minimum absolute atomic E-state index is 0.575. The zero-order valence-corrected chi connectivity index (χ0v) is 10.8. The highest BCUT2D eigenvalue weighted by Gasteiger charge is 2.17. The third-order valence-corrected chi connectivity index (χ3v) is 3.45. The van der Waals surface area contributed by atoms with Gasteiger partial charge in [-0.25, -0.2) is 0 Å². The molecule has 1 aromatic rings. The average Bonchev–Trinajstić information content (AvgIpc) is 2.15. The van der Waals surface area contributed by atoms with Gasteiger partial charge in [-0.05, 0) is 51.9 Å². The zero-order chi connectivity index (χ0) is 11.6. The van der Waals surface area contributed by atoms with Gasteiger partial charge < -0.3 is 4.90 Å². The van der Waals surface area contributed by atoms with E-state index in [4.69, 9.17) is 0 Å². The number of hydrogen-bond acceptors (Lipinski definition) is 1. The number of aryl methyl sites for hydroxylation is 2. The van der Waals surface area contributed by atoms with Gasteiger partial charge >= 0.3 is 0 Å². The van der Waals surface area contributed by atoms with Crippen molar-refractivity contribution in [1.82, 2.24) is 4.90 Å². The largest absolute Gasteiger partial charge is 0.306 e. The molecular weight excluding hydrogens is 182 g/mol. The third kappa shape index (κ3) is 2.82. The SMILES string of the molecule is Cc1ccc(C(C)C(C)N(C)C)c(C)c1. The molecule has 1 aromatic carbocycles. The molecule has 0 radical (unpaired) electrons. The van der Waals surface area contributed by atoms with Crippen LogP contribution in [-0.2, 0) is 0 Å². The summed E-state index contributed by atoms with van der Waals surface area (Å²) < 4.78 is 0. The lowest BCUT2D eigenvalue weighted by molar-refractivity contribution is 0.280. The van der Waals surface area contributed by atoms with Crippen molar-refractivity contribution in [1.29, 1.82) is 0 Å². The molecule has 1 nitrogen and oxygen atoms in total. The van der Waals surface area contributed by atoms with Gasteiger partial charge in [0.15, 0.2) is 0 Å². The van der Waals surface area contributed by atoms with Crippen LogP contribution >= 0.6 is 0 Å². The number of likely N-dealkylation sites (N-methyl/N-ethyl adjacent to an activating group) is 1. The van der Waals surface area contributed by atoms with Gasteiger partial charge in [-0.3, -0.25) is 0 Å². The van der Waals surface area contributed by atoms with Crippen LogP contribution in [0.3, 0.4) is 0 Å². The Hall–Kier alpha value is -0.820. The molecule has 0 aliphatic heterocycles. The molecule has 0 spiro atoms. The predicted molar refractivity (Wildman–Crippen MR) is 67.5 cm³/mol. The fourth-order valence-electron chi connectivity index (χ4n) is 2.04. The highest BCUT2D eigenvalue weighted by atomic mass is 15.1. The lowest BCUT2D eigenvalue weighted by Crippen LogP contribution is -2.30. The second-order valence-electron chi connectivity index (χ2n) is 4.85. The average molecular weight is 205 g/mol. The van der Waals surface area contributed by atoms with E-state index in [-0.39, 0.29) is 0 Å². The van der Waals surface area contributed by atoms with E-state index in [1.807, 2.05) is 0 Å². The van der Waals surface area contributed by atoms with Crippen LogP contribution in [-0.4, -0.2) is 25.0 Å². The molecule has 0 aromatic heterocycles. The van der Waals surface area contributed by atoms with Gasteiger partial charge in [0.05, 0.1) is 0 Å². The highest BCUT2D eigenvalue weighted by Crippen LogP contribution is 2.25. The Labute approximate surface area is 94.1 Å². The van der Waals surface area contributed by atoms with Crippen molar-refractivity contribution in [3.63, 3.8) is 0 Å². The van der Waals surface area contributed by atoms with E-state index in [0.29, 0.717) is 12.0 Å². The smallest absolute Gasteiger partial charge is 0.0127 e. The van der Waals surface area contributed by atoms with E-state index in [2.05, 4.69) is 64.9 Å². The number of benzene rings is 1. The van der Waals surface area contributed by atoms with Crippen molar-refractivity contribution in [2.75, 3.05) is 14.1 Å². The molecule has 2 atom stereocenters. The van der Waals surface area contributed by atoms with Crippen molar-refractivity contribution < 1.29 is 0 Å². The summed E-state index contributed by atoms with van der Waals surface area (Å²) in [7, 11) is 4.29. The summed E-state index contributed by atoms with van der Waals surface area (Å²) in [4.78, 5) is 2.28. The summed E-state index contributed by atoms with van der Waals surface area (Å²) in [5, 5.41) is 0. The van der Waals surface area contributed by atoms with Gasteiger partial charge in [0.1, 0.15) is 0 Å². The van der Waals surface area contributed by atoms with Gasteiger partial charge in [0.25, 0.3) is 0 Å². The van der Waals surface area contributed by atoms with E-state index in [1.54, 1.807) is 0 Å². The van der Waals surface area contributed by atoms with E-state index in [0.717, 1.165) is 0 Å². The van der Waals surface area contributed by atoms with Crippen molar-refractivity contribution >= 4 is 0 Å². The Morgan fingerprint density at radius 1 is 1.07 bits per heavy atom. The van der Waals surface area contributed by atoms with E-state index in [9.17, 15) is 0 Å². The molecule has 0 amide bonds. The van der Waals surface area contributed by atoms with Crippen LogP contribution in [0.5, 0.6) is 0 Å². The van der Waals surface area contributed by atoms with Crippen molar-refractivity contribution in [3.8, 4) is 0 Å². The van der Waals surface area contributed by atoms with Gasteiger partial charge in [-0.15, -0.1) is 0 Å². The summed E-state index contributed by atoms with van der Waals surface area (Å²) >= 11 is 0. The van der Waals surface area contributed by atoms with Gasteiger partial charge in [-0.1, -0.05) is 30.7 Å². The normalized spacial score (nSPS) is 15.4. The van der Waals surface area contributed by atoms with Gasteiger partial charge in [-0.2, -0.15) is 0 Å².